The number of methoxy groups -OCH3 is 2. The van der Waals surface area contributed by atoms with Gasteiger partial charge in [0.25, 0.3) is 5.56 Å². The van der Waals surface area contributed by atoms with E-state index in [2.05, 4.69) is 15.4 Å². The van der Waals surface area contributed by atoms with Gasteiger partial charge in [-0.1, -0.05) is 0 Å². The first-order valence-corrected chi connectivity index (χ1v) is 10.3. The molecule has 0 atom stereocenters. The molecule has 2 aromatic heterocycles. The van der Waals surface area contributed by atoms with Gasteiger partial charge in [-0.25, -0.2) is 9.67 Å². The molecule has 0 saturated carbocycles. The van der Waals surface area contributed by atoms with Crippen molar-refractivity contribution in [2.45, 2.75) is 13.5 Å². The normalized spacial score (nSPS) is 10.8. The molecular formula is C22H20N4O4S. The van der Waals surface area contributed by atoms with Gasteiger partial charge >= 0.3 is 0 Å². The number of rotatable bonds is 6. The third-order valence-electron chi connectivity index (χ3n) is 4.62. The van der Waals surface area contributed by atoms with Crippen LogP contribution in [0.3, 0.4) is 0 Å². The molecule has 0 radical (unpaired) electrons. The average molecular weight is 436 g/mol. The Kier molecular flexibility index (Phi) is 5.68. The SMILES string of the molecule is COc1ccc(-c2ccc(=O)n(CC(=O)Nc3ccc4sc(C)nc4c3)n2)cc1OC. The highest BCUT2D eigenvalue weighted by atomic mass is 32.1. The molecule has 2 aromatic carbocycles. The third-order valence-corrected chi connectivity index (χ3v) is 5.57. The summed E-state index contributed by atoms with van der Waals surface area (Å²) in [5, 5.41) is 8.11. The number of fused-ring (bicyclic) bond motifs is 1. The number of amides is 1. The van der Waals surface area contributed by atoms with E-state index in [0.717, 1.165) is 25.5 Å². The third kappa shape index (κ3) is 4.41. The van der Waals surface area contributed by atoms with E-state index in [1.54, 1.807) is 43.8 Å². The predicted molar refractivity (Wildman–Crippen MR) is 120 cm³/mol. The van der Waals surface area contributed by atoms with E-state index >= 15 is 0 Å². The van der Waals surface area contributed by atoms with Crippen LogP contribution in [-0.2, 0) is 11.3 Å². The van der Waals surface area contributed by atoms with Crippen LogP contribution >= 0.6 is 11.3 Å². The molecule has 1 amide bonds. The van der Waals surface area contributed by atoms with Crippen LogP contribution in [0.1, 0.15) is 5.01 Å². The molecule has 2 heterocycles. The average Bonchev–Trinajstić information content (AvgIpc) is 3.14. The van der Waals surface area contributed by atoms with Gasteiger partial charge in [0.05, 0.1) is 35.1 Å². The van der Waals surface area contributed by atoms with Crippen molar-refractivity contribution >= 4 is 33.1 Å². The fourth-order valence-corrected chi connectivity index (χ4v) is 3.98. The smallest absolute Gasteiger partial charge is 0.267 e. The summed E-state index contributed by atoms with van der Waals surface area (Å²) in [5.74, 6) is 0.779. The van der Waals surface area contributed by atoms with Gasteiger partial charge in [-0.15, -0.1) is 11.3 Å². The van der Waals surface area contributed by atoms with Gasteiger partial charge in [0.2, 0.25) is 5.91 Å². The number of thiazole rings is 1. The first-order chi connectivity index (χ1) is 15.0. The fourth-order valence-electron chi connectivity index (χ4n) is 3.17. The lowest BCUT2D eigenvalue weighted by Gasteiger charge is -2.11. The Morgan fingerprint density at radius 1 is 1.06 bits per heavy atom. The van der Waals surface area contributed by atoms with E-state index in [9.17, 15) is 9.59 Å². The Morgan fingerprint density at radius 2 is 1.87 bits per heavy atom. The summed E-state index contributed by atoms with van der Waals surface area (Å²) in [4.78, 5) is 29.2. The largest absolute Gasteiger partial charge is 0.493 e. The van der Waals surface area contributed by atoms with E-state index in [0.29, 0.717) is 22.9 Å². The summed E-state index contributed by atoms with van der Waals surface area (Å²) in [6.07, 6.45) is 0. The number of anilines is 1. The zero-order valence-electron chi connectivity index (χ0n) is 17.2. The Hall–Kier alpha value is -3.72. The highest BCUT2D eigenvalue weighted by Gasteiger charge is 2.12. The minimum absolute atomic E-state index is 0.214. The van der Waals surface area contributed by atoms with Crippen LogP contribution in [0.15, 0.2) is 53.3 Å². The predicted octanol–water partition coefficient (Wildman–Crippen LogP) is 3.48. The van der Waals surface area contributed by atoms with E-state index < -0.39 is 0 Å². The molecule has 0 aliphatic rings. The zero-order chi connectivity index (χ0) is 22.0. The number of hydrogen-bond acceptors (Lipinski definition) is 7. The van der Waals surface area contributed by atoms with Gasteiger partial charge in [-0.05, 0) is 49.4 Å². The van der Waals surface area contributed by atoms with Crippen molar-refractivity contribution in [2.24, 2.45) is 0 Å². The van der Waals surface area contributed by atoms with Crippen molar-refractivity contribution in [1.29, 1.82) is 0 Å². The summed E-state index contributed by atoms with van der Waals surface area (Å²) in [7, 11) is 3.10. The maximum absolute atomic E-state index is 12.5. The number of ether oxygens (including phenoxy) is 2. The van der Waals surface area contributed by atoms with E-state index in [1.165, 1.54) is 6.07 Å². The molecule has 9 heteroatoms. The second-order valence-corrected chi connectivity index (χ2v) is 7.98. The lowest BCUT2D eigenvalue weighted by molar-refractivity contribution is -0.117. The van der Waals surface area contributed by atoms with Gasteiger partial charge < -0.3 is 14.8 Å². The number of nitrogens with one attached hydrogen (secondary N) is 1. The minimum atomic E-state index is -0.370. The molecule has 1 N–H and O–H groups in total. The van der Waals surface area contributed by atoms with Crippen LogP contribution in [0.25, 0.3) is 21.5 Å². The monoisotopic (exact) mass is 436 g/mol. The molecule has 0 spiro atoms. The minimum Gasteiger partial charge on any atom is -0.493 e. The van der Waals surface area contributed by atoms with Crippen LogP contribution in [0.4, 0.5) is 5.69 Å². The molecule has 0 aliphatic carbocycles. The number of benzene rings is 2. The van der Waals surface area contributed by atoms with Gasteiger partial charge in [0.1, 0.15) is 6.54 Å². The van der Waals surface area contributed by atoms with Crippen LogP contribution in [0.5, 0.6) is 11.5 Å². The van der Waals surface area contributed by atoms with Gasteiger partial charge in [0, 0.05) is 17.3 Å². The van der Waals surface area contributed by atoms with Crippen LogP contribution in [0.2, 0.25) is 0 Å². The van der Waals surface area contributed by atoms with E-state index in [-0.39, 0.29) is 18.0 Å². The number of aromatic nitrogens is 3. The molecule has 0 bridgehead atoms. The fraction of sp³-hybridized carbons (Fsp3) is 0.182. The molecule has 0 fully saturated rings. The van der Waals surface area contributed by atoms with Crippen molar-refractivity contribution in [3.63, 3.8) is 0 Å². The lowest BCUT2D eigenvalue weighted by atomic mass is 10.1. The summed E-state index contributed by atoms with van der Waals surface area (Å²) in [6, 6.07) is 13.9. The molecular weight excluding hydrogens is 416 g/mol. The Labute approximate surface area is 182 Å². The Balaban J connectivity index is 1.55. The number of hydrogen-bond donors (Lipinski definition) is 1. The van der Waals surface area contributed by atoms with Crippen LogP contribution < -0.4 is 20.3 Å². The molecule has 8 nitrogen and oxygen atoms in total. The summed E-state index contributed by atoms with van der Waals surface area (Å²) < 4.78 is 12.8. The van der Waals surface area contributed by atoms with E-state index in [1.807, 2.05) is 31.2 Å². The van der Waals surface area contributed by atoms with Crippen LogP contribution in [0, 0.1) is 6.92 Å². The summed E-state index contributed by atoms with van der Waals surface area (Å²) in [5.41, 5.74) is 2.34. The molecule has 0 aliphatic heterocycles. The molecule has 4 aromatic rings. The Morgan fingerprint density at radius 3 is 2.65 bits per heavy atom. The maximum atomic E-state index is 12.5. The maximum Gasteiger partial charge on any atom is 0.267 e. The van der Waals surface area contributed by atoms with Crippen molar-refractivity contribution in [3.05, 3.63) is 63.9 Å². The second kappa shape index (κ2) is 8.57. The molecule has 4 rings (SSSR count). The number of carbonyl (C=O) groups excluding carboxylic acids is 1. The lowest BCUT2D eigenvalue weighted by Crippen LogP contribution is -2.29. The Bertz CT molecular complexity index is 1330. The van der Waals surface area contributed by atoms with Gasteiger partial charge in [0.15, 0.2) is 11.5 Å². The standard InChI is InChI=1S/C22H20N4O4S/c1-13-23-17-11-15(5-8-20(17)31-13)24-21(27)12-26-22(28)9-6-16(25-26)14-4-7-18(29-2)19(10-14)30-3/h4-11H,12H2,1-3H3,(H,24,27). The highest BCUT2D eigenvalue weighted by molar-refractivity contribution is 7.18. The van der Waals surface area contributed by atoms with Crippen molar-refractivity contribution < 1.29 is 14.3 Å². The van der Waals surface area contributed by atoms with Crippen molar-refractivity contribution in [2.75, 3.05) is 19.5 Å². The second-order valence-electron chi connectivity index (χ2n) is 6.75. The molecule has 0 saturated heterocycles. The quantitative estimate of drug-likeness (QED) is 0.497. The molecule has 158 valence electrons. The van der Waals surface area contributed by atoms with E-state index in [4.69, 9.17) is 9.47 Å². The van der Waals surface area contributed by atoms with Crippen molar-refractivity contribution in [1.82, 2.24) is 14.8 Å². The van der Waals surface area contributed by atoms with Gasteiger partial charge in [-0.2, -0.15) is 5.10 Å². The molecule has 31 heavy (non-hydrogen) atoms. The first kappa shape index (κ1) is 20.5. The highest BCUT2D eigenvalue weighted by Crippen LogP contribution is 2.31. The van der Waals surface area contributed by atoms with Crippen molar-refractivity contribution in [3.8, 4) is 22.8 Å². The number of aryl methyl sites for hydroxylation is 1. The first-order valence-electron chi connectivity index (χ1n) is 9.44. The van der Waals surface area contributed by atoms with Crippen LogP contribution in [-0.4, -0.2) is 34.9 Å². The number of carbonyl (C=O) groups is 1. The van der Waals surface area contributed by atoms with Gasteiger partial charge in [-0.3, -0.25) is 9.59 Å². The zero-order valence-corrected chi connectivity index (χ0v) is 18.0. The summed E-state index contributed by atoms with van der Waals surface area (Å²) in [6.45, 7) is 1.72. The molecule has 0 unspecified atom stereocenters. The number of nitrogens with zero attached hydrogens (tertiary/aromatic N) is 3. The summed E-state index contributed by atoms with van der Waals surface area (Å²) >= 11 is 1.59. The topological polar surface area (TPSA) is 95.3 Å².